The lowest BCUT2D eigenvalue weighted by Crippen LogP contribution is -2.31. The summed E-state index contributed by atoms with van der Waals surface area (Å²) in [5, 5.41) is 9.62. The van der Waals surface area contributed by atoms with Gasteiger partial charge in [-0.1, -0.05) is 11.6 Å². The third-order valence-corrected chi connectivity index (χ3v) is 6.80. The molecule has 0 spiro atoms. The molecule has 3 aromatic rings. The summed E-state index contributed by atoms with van der Waals surface area (Å²) in [5.41, 5.74) is 4.19. The van der Waals surface area contributed by atoms with Crippen molar-refractivity contribution in [2.75, 3.05) is 30.8 Å². The van der Waals surface area contributed by atoms with Crippen molar-refractivity contribution in [3.63, 3.8) is 0 Å². The largest absolute Gasteiger partial charge is 0.352 e. The van der Waals surface area contributed by atoms with Crippen molar-refractivity contribution in [3.8, 4) is 11.3 Å². The number of hydrogen-bond acceptors (Lipinski definition) is 6. The third-order valence-electron chi connectivity index (χ3n) is 6.56. The van der Waals surface area contributed by atoms with Gasteiger partial charge in [-0.05, 0) is 75.3 Å². The minimum atomic E-state index is -0.138. The topological polar surface area (TPSA) is 99.2 Å². The molecule has 0 aliphatic carbocycles. The van der Waals surface area contributed by atoms with E-state index >= 15 is 0 Å². The Labute approximate surface area is 209 Å². The van der Waals surface area contributed by atoms with E-state index in [-0.39, 0.29) is 18.2 Å². The molecule has 2 aromatic carbocycles. The van der Waals surface area contributed by atoms with Crippen LogP contribution in [0.5, 0.6) is 0 Å². The number of fused-ring (bicyclic) bond motifs is 3. The fraction of sp³-hybridized carbons (Fsp3) is 0.308. The first-order valence-corrected chi connectivity index (χ1v) is 12.2. The number of nitrogens with zero attached hydrogens (tertiary/aromatic N) is 3. The van der Waals surface area contributed by atoms with Gasteiger partial charge in [0.2, 0.25) is 11.9 Å². The molecular weight excluding hydrogens is 464 g/mol. The number of hydrogen-bond donors (Lipinski definition) is 3. The van der Waals surface area contributed by atoms with Gasteiger partial charge in [0.05, 0.1) is 17.8 Å². The van der Waals surface area contributed by atoms with Crippen LogP contribution >= 0.6 is 11.6 Å². The zero-order valence-corrected chi connectivity index (χ0v) is 20.2. The van der Waals surface area contributed by atoms with Gasteiger partial charge in [-0.15, -0.1) is 0 Å². The van der Waals surface area contributed by atoms with Gasteiger partial charge in [-0.3, -0.25) is 9.59 Å². The van der Waals surface area contributed by atoms with Crippen LogP contribution in [0.2, 0.25) is 5.02 Å². The van der Waals surface area contributed by atoms with E-state index in [0.29, 0.717) is 40.5 Å². The van der Waals surface area contributed by atoms with Crippen molar-refractivity contribution in [2.45, 2.75) is 31.7 Å². The molecule has 3 N–H and O–H groups in total. The van der Waals surface area contributed by atoms with Gasteiger partial charge in [0, 0.05) is 46.2 Å². The molecular formula is C26H27ClN6O2. The predicted octanol–water partition coefficient (Wildman–Crippen LogP) is 4.25. The first kappa shape index (κ1) is 23.3. The van der Waals surface area contributed by atoms with Gasteiger partial charge >= 0.3 is 0 Å². The third kappa shape index (κ3) is 5.28. The van der Waals surface area contributed by atoms with Crippen LogP contribution in [-0.4, -0.2) is 52.9 Å². The summed E-state index contributed by atoms with van der Waals surface area (Å²) in [6.07, 6.45) is 5.24. The molecule has 1 atom stereocenters. The van der Waals surface area contributed by atoms with Crippen molar-refractivity contribution in [1.82, 2.24) is 20.2 Å². The van der Waals surface area contributed by atoms with Crippen LogP contribution in [0.3, 0.4) is 0 Å². The molecule has 5 rings (SSSR count). The Balaban J connectivity index is 1.26. The number of halogens is 1. The smallest absolute Gasteiger partial charge is 0.251 e. The molecule has 1 aromatic heterocycles. The van der Waals surface area contributed by atoms with Crippen LogP contribution in [0.1, 0.15) is 35.2 Å². The Morgan fingerprint density at radius 1 is 1.23 bits per heavy atom. The summed E-state index contributed by atoms with van der Waals surface area (Å²) in [4.78, 5) is 36.2. The molecule has 0 radical (unpaired) electrons. The number of benzene rings is 2. The zero-order chi connectivity index (χ0) is 24.4. The zero-order valence-electron chi connectivity index (χ0n) is 19.5. The van der Waals surface area contributed by atoms with Crippen LogP contribution in [-0.2, 0) is 11.2 Å². The van der Waals surface area contributed by atoms with Gasteiger partial charge < -0.3 is 20.9 Å². The number of carbonyl (C=O) groups excluding carboxylic acids is 2. The van der Waals surface area contributed by atoms with E-state index in [1.54, 1.807) is 30.5 Å². The number of carbonyl (C=O) groups is 2. The highest BCUT2D eigenvalue weighted by atomic mass is 35.5. The van der Waals surface area contributed by atoms with Crippen molar-refractivity contribution in [2.24, 2.45) is 0 Å². The molecule has 3 heterocycles. The van der Waals surface area contributed by atoms with Crippen LogP contribution < -0.4 is 16.0 Å². The normalized spacial score (nSPS) is 17.2. The van der Waals surface area contributed by atoms with E-state index in [9.17, 15) is 9.59 Å². The van der Waals surface area contributed by atoms with E-state index in [0.717, 1.165) is 29.8 Å². The molecule has 1 saturated heterocycles. The van der Waals surface area contributed by atoms with Crippen LogP contribution in [0.25, 0.3) is 11.3 Å². The first-order valence-electron chi connectivity index (χ1n) is 11.8. The van der Waals surface area contributed by atoms with Gasteiger partial charge in [-0.25, -0.2) is 9.97 Å². The second kappa shape index (κ2) is 10.0. The molecule has 9 heteroatoms. The van der Waals surface area contributed by atoms with Gasteiger partial charge in [0.25, 0.3) is 5.91 Å². The van der Waals surface area contributed by atoms with Gasteiger partial charge in [0.15, 0.2) is 0 Å². The number of anilines is 3. The molecule has 0 bridgehead atoms. The average Bonchev–Trinajstić information content (AvgIpc) is 3.19. The monoisotopic (exact) mass is 490 g/mol. The summed E-state index contributed by atoms with van der Waals surface area (Å²) >= 11 is 6.11. The standard InChI is InChI=1S/C26H27ClN6O2/c1-33-12-2-3-20(33)10-11-28-25(35)16-4-7-19(8-5-16)30-26-29-15-17-13-23(34)31-22-14-18(27)6-9-21(22)24(17)32-26/h4-9,14-15,20H,2-3,10-13H2,1H3,(H,28,35)(H,31,34)(H,29,30,32). The van der Waals surface area contributed by atoms with Crippen LogP contribution in [0.15, 0.2) is 48.7 Å². The van der Waals surface area contributed by atoms with Gasteiger partial charge in [0.1, 0.15) is 0 Å². The fourth-order valence-electron chi connectivity index (χ4n) is 4.66. The Morgan fingerprint density at radius 3 is 2.83 bits per heavy atom. The molecule has 1 unspecified atom stereocenters. The molecule has 8 nitrogen and oxygen atoms in total. The highest BCUT2D eigenvalue weighted by Crippen LogP contribution is 2.34. The summed E-state index contributed by atoms with van der Waals surface area (Å²) in [7, 11) is 2.14. The minimum absolute atomic E-state index is 0.0779. The maximum absolute atomic E-state index is 12.5. The maximum Gasteiger partial charge on any atom is 0.251 e. The van der Waals surface area contributed by atoms with Crippen LogP contribution in [0, 0.1) is 0 Å². The van der Waals surface area contributed by atoms with E-state index in [2.05, 4.69) is 37.9 Å². The number of amides is 2. The summed E-state index contributed by atoms with van der Waals surface area (Å²) in [5.74, 6) is 0.184. The van der Waals surface area contributed by atoms with E-state index in [1.165, 1.54) is 12.8 Å². The molecule has 2 amide bonds. The highest BCUT2D eigenvalue weighted by molar-refractivity contribution is 6.31. The van der Waals surface area contributed by atoms with Crippen molar-refractivity contribution in [1.29, 1.82) is 0 Å². The first-order chi connectivity index (χ1) is 17.0. The Morgan fingerprint density at radius 2 is 2.06 bits per heavy atom. The van der Waals surface area contributed by atoms with E-state index in [1.807, 2.05) is 18.2 Å². The number of rotatable bonds is 6. The molecule has 180 valence electrons. The Hall–Kier alpha value is -3.49. The minimum Gasteiger partial charge on any atom is -0.352 e. The summed E-state index contributed by atoms with van der Waals surface area (Å²) in [6, 6.07) is 13.1. The van der Waals surface area contributed by atoms with Gasteiger partial charge in [-0.2, -0.15) is 0 Å². The maximum atomic E-state index is 12.5. The second-order valence-corrected chi connectivity index (χ2v) is 9.44. The highest BCUT2D eigenvalue weighted by Gasteiger charge is 2.22. The average molecular weight is 491 g/mol. The summed E-state index contributed by atoms with van der Waals surface area (Å²) < 4.78 is 0. The lowest BCUT2D eigenvalue weighted by Gasteiger charge is -2.19. The second-order valence-electron chi connectivity index (χ2n) is 9.01. The predicted molar refractivity (Wildman–Crippen MR) is 137 cm³/mol. The molecule has 1 fully saturated rings. The quantitative estimate of drug-likeness (QED) is 0.477. The van der Waals surface area contributed by atoms with E-state index in [4.69, 9.17) is 11.6 Å². The Bertz CT molecular complexity index is 1260. The van der Waals surface area contributed by atoms with Crippen LogP contribution in [0.4, 0.5) is 17.3 Å². The van der Waals surface area contributed by atoms with Crippen molar-refractivity contribution in [3.05, 3.63) is 64.8 Å². The molecule has 0 saturated carbocycles. The number of aromatic nitrogens is 2. The SMILES string of the molecule is CN1CCCC1CCNC(=O)c1ccc(Nc2ncc3c(n2)-c2ccc(Cl)cc2NC(=O)C3)cc1. The van der Waals surface area contributed by atoms with Crippen molar-refractivity contribution >= 4 is 40.7 Å². The molecule has 2 aliphatic heterocycles. The number of likely N-dealkylation sites (tertiary alicyclic amines) is 1. The van der Waals surface area contributed by atoms with E-state index < -0.39 is 0 Å². The lowest BCUT2D eigenvalue weighted by molar-refractivity contribution is -0.115. The number of nitrogens with one attached hydrogen (secondary N) is 3. The lowest BCUT2D eigenvalue weighted by atomic mass is 10.1. The molecule has 2 aliphatic rings. The Kier molecular flexibility index (Phi) is 6.66. The summed E-state index contributed by atoms with van der Waals surface area (Å²) in [6.45, 7) is 1.80. The fourth-order valence-corrected chi connectivity index (χ4v) is 4.83. The van der Waals surface area contributed by atoms with Crippen molar-refractivity contribution < 1.29 is 9.59 Å². The molecule has 35 heavy (non-hydrogen) atoms.